The van der Waals surface area contributed by atoms with Crippen LogP contribution < -0.4 is 5.32 Å². The Balaban J connectivity index is 1.65. The molecule has 1 atom stereocenters. The van der Waals surface area contributed by atoms with E-state index in [-0.39, 0.29) is 36.7 Å². The molecule has 2 saturated heterocycles. The van der Waals surface area contributed by atoms with Crippen molar-refractivity contribution in [2.75, 3.05) is 26.2 Å². The van der Waals surface area contributed by atoms with Crippen LogP contribution in [0.5, 0.6) is 0 Å². The fourth-order valence-electron chi connectivity index (χ4n) is 5.22. The molecule has 0 saturated carbocycles. The Hall–Kier alpha value is -2.41. The van der Waals surface area contributed by atoms with Crippen LogP contribution in [0.1, 0.15) is 72.3 Å². The minimum absolute atomic E-state index is 0.0700. The number of carbonyl (C=O) groups is 3. The van der Waals surface area contributed by atoms with Gasteiger partial charge in [-0.2, -0.15) is 0 Å². The van der Waals surface area contributed by atoms with Crippen molar-refractivity contribution in [2.24, 2.45) is 5.92 Å². The van der Waals surface area contributed by atoms with Gasteiger partial charge < -0.3 is 19.9 Å². The molecule has 2 amide bonds. The van der Waals surface area contributed by atoms with Crippen LogP contribution in [-0.2, 0) is 25.5 Å². The van der Waals surface area contributed by atoms with Gasteiger partial charge in [0.05, 0.1) is 6.42 Å². The average Bonchev–Trinajstić information content (AvgIpc) is 2.78. The summed E-state index contributed by atoms with van der Waals surface area (Å²) < 4.78 is 5.47. The van der Waals surface area contributed by atoms with Crippen molar-refractivity contribution >= 4 is 17.8 Å². The molecule has 1 spiro atoms. The van der Waals surface area contributed by atoms with E-state index in [4.69, 9.17) is 4.74 Å². The van der Waals surface area contributed by atoms with Gasteiger partial charge in [-0.25, -0.2) is 0 Å². The van der Waals surface area contributed by atoms with E-state index in [1.165, 1.54) is 5.56 Å². The van der Waals surface area contributed by atoms with E-state index in [0.717, 1.165) is 32.5 Å². The normalized spacial score (nSPS) is 20.9. The second-order valence-corrected chi connectivity index (χ2v) is 11.4. The zero-order valence-electron chi connectivity index (χ0n) is 22.1. The standard InChI is InChI=1S/C28H43N3O4/c1-21(2)20-23-25(33)31(17-13-24(32)35-27(3,4)5)28(26(34)29-23)14-18-30(19-15-28)16-9-12-22-10-7-6-8-11-22/h6-8,10-11,21,23H,9,12-20H2,1-5H3,(H,29,34). The SMILES string of the molecule is CC(C)CC1NC(=O)C2(CCN(CCCc3ccccc3)CC2)N(CCC(=O)OC(C)(C)C)C1=O. The van der Waals surface area contributed by atoms with Gasteiger partial charge in [0.2, 0.25) is 11.8 Å². The third-order valence-electron chi connectivity index (χ3n) is 6.94. The molecule has 0 aromatic heterocycles. The number of rotatable bonds is 9. The van der Waals surface area contributed by atoms with E-state index >= 15 is 0 Å². The number of piperazine rings is 1. The first-order chi connectivity index (χ1) is 16.5. The highest BCUT2D eigenvalue weighted by molar-refractivity contribution is 6.00. The molecule has 0 radical (unpaired) electrons. The predicted molar refractivity (Wildman–Crippen MR) is 137 cm³/mol. The lowest BCUT2D eigenvalue weighted by Crippen LogP contribution is -2.73. The summed E-state index contributed by atoms with van der Waals surface area (Å²) in [6.07, 6.45) is 3.93. The first-order valence-corrected chi connectivity index (χ1v) is 13.1. The maximum Gasteiger partial charge on any atom is 0.308 e. The maximum atomic E-state index is 13.5. The van der Waals surface area contributed by atoms with Crippen LogP contribution in [0.4, 0.5) is 0 Å². The highest BCUT2D eigenvalue weighted by atomic mass is 16.6. The van der Waals surface area contributed by atoms with Gasteiger partial charge in [0.1, 0.15) is 17.2 Å². The van der Waals surface area contributed by atoms with Crippen molar-refractivity contribution < 1.29 is 19.1 Å². The second kappa shape index (κ2) is 11.5. The van der Waals surface area contributed by atoms with Crippen LogP contribution in [0.2, 0.25) is 0 Å². The lowest BCUT2D eigenvalue weighted by Gasteiger charge is -2.51. The Labute approximate surface area is 210 Å². The largest absolute Gasteiger partial charge is 0.460 e. The molecule has 1 unspecified atom stereocenters. The number of hydrogen-bond acceptors (Lipinski definition) is 5. The topological polar surface area (TPSA) is 79.0 Å². The van der Waals surface area contributed by atoms with Gasteiger partial charge >= 0.3 is 5.97 Å². The van der Waals surface area contributed by atoms with E-state index < -0.39 is 17.2 Å². The number of nitrogens with one attached hydrogen (secondary N) is 1. The molecule has 7 nitrogen and oxygen atoms in total. The van der Waals surface area contributed by atoms with E-state index in [1.54, 1.807) is 4.90 Å². The lowest BCUT2D eigenvalue weighted by atomic mass is 9.80. The molecule has 0 aliphatic carbocycles. The van der Waals surface area contributed by atoms with Crippen molar-refractivity contribution in [2.45, 2.75) is 90.3 Å². The fraction of sp³-hybridized carbons (Fsp3) is 0.679. The van der Waals surface area contributed by atoms with Crippen LogP contribution in [0.25, 0.3) is 0 Å². The number of aryl methyl sites for hydroxylation is 1. The summed E-state index contributed by atoms with van der Waals surface area (Å²) in [5.74, 6) is -0.210. The van der Waals surface area contributed by atoms with Gasteiger partial charge in [-0.1, -0.05) is 44.2 Å². The smallest absolute Gasteiger partial charge is 0.308 e. The predicted octanol–water partition coefficient (Wildman–Crippen LogP) is 3.56. The molecule has 1 aromatic carbocycles. The van der Waals surface area contributed by atoms with Gasteiger partial charge in [-0.3, -0.25) is 14.4 Å². The highest BCUT2D eigenvalue weighted by Gasteiger charge is 2.53. The molecule has 7 heteroatoms. The summed E-state index contributed by atoms with van der Waals surface area (Å²) in [5, 5.41) is 3.03. The molecule has 2 aliphatic rings. The van der Waals surface area contributed by atoms with Crippen molar-refractivity contribution in [1.82, 2.24) is 15.1 Å². The summed E-state index contributed by atoms with van der Waals surface area (Å²) in [6.45, 7) is 12.3. The summed E-state index contributed by atoms with van der Waals surface area (Å²) >= 11 is 0. The van der Waals surface area contributed by atoms with Crippen molar-refractivity contribution in [3.63, 3.8) is 0 Å². The molecule has 35 heavy (non-hydrogen) atoms. The van der Waals surface area contributed by atoms with E-state index in [0.29, 0.717) is 19.3 Å². The van der Waals surface area contributed by atoms with Gasteiger partial charge in [-0.05, 0) is 70.9 Å². The number of piperidine rings is 1. The number of carbonyl (C=O) groups excluding carboxylic acids is 3. The molecule has 3 rings (SSSR count). The zero-order chi connectivity index (χ0) is 25.6. The monoisotopic (exact) mass is 485 g/mol. The van der Waals surface area contributed by atoms with Crippen LogP contribution in [0.15, 0.2) is 30.3 Å². The maximum absolute atomic E-state index is 13.5. The molecule has 1 aromatic rings. The highest BCUT2D eigenvalue weighted by Crippen LogP contribution is 2.34. The number of ether oxygens (including phenoxy) is 1. The Morgan fingerprint density at radius 2 is 1.77 bits per heavy atom. The van der Waals surface area contributed by atoms with Gasteiger partial charge in [0.15, 0.2) is 0 Å². The summed E-state index contributed by atoms with van der Waals surface area (Å²) in [4.78, 5) is 43.5. The number of esters is 1. The minimum Gasteiger partial charge on any atom is -0.460 e. The van der Waals surface area contributed by atoms with Crippen LogP contribution in [0, 0.1) is 5.92 Å². The molecule has 2 aliphatic heterocycles. The van der Waals surface area contributed by atoms with Crippen LogP contribution in [-0.4, -0.2) is 70.9 Å². The quantitative estimate of drug-likeness (QED) is 0.541. The molecule has 0 bridgehead atoms. The summed E-state index contributed by atoms with van der Waals surface area (Å²) in [5.41, 5.74) is -0.131. The molecular weight excluding hydrogens is 442 g/mol. The zero-order valence-corrected chi connectivity index (χ0v) is 22.1. The van der Waals surface area contributed by atoms with Crippen molar-refractivity contribution in [3.05, 3.63) is 35.9 Å². The molecular formula is C28H43N3O4. The summed E-state index contributed by atoms with van der Waals surface area (Å²) in [7, 11) is 0. The fourth-order valence-corrected chi connectivity index (χ4v) is 5.22. The third kappa shape index (κ3) is 7.29. The van der Waals surface area contributed by atoms with Crippen molar-refractivity contribution in [1.29, 1.82) is 0 Å². The number of nitrogens with zero attached hydrogens (tertiary/aromatic N) is 2. The summed E-state index contributed by atoms with van der Waals surface area (Å²) in [6, 6.07) is 9.94. The number of benzene rings is 1. The van der Waals surface area contributed by atoms with Crippen molar-refractivity contribution in [3.8, 4) is 0 Å². The Bertz CT molecular complexity index is 870. The molecule has 2 heterocycles. The average molecular weight is 486 g/mol. The third-order valence-corrected chi connectivity index (χ3v) is 6.94. The van der Waals surface area contributed by atoms with E-state index in [2.05, 4.69) is 34.5 Å². The number of hydrogen-bond donors (Lipinski definition) is 1. The first-order valence-electron chi connectivity index (χ1n) is 13.1. The first kappa shape index (κ1) is 27.2. The van der Waals surface area contributed by atoms with E-state index in [1.807, 2.05) is 40.7 Å². The Morgan fingerprint density at radius 1 is 1.11 bits per heavy atom. The Morgan fingerprint density at radius 3 is 2.37 bits per heavy atom. The van der Waals surface area contributed by atoms with Crippen LogP contribution >= 0.6 is 0 Å². The van der Waals surface area contributed by atoms with E-state index in [9.17, 15) is 14.4 Å². The van der Waals surface area contributed by atoms with Gasteiger partial charge in [-0.15, -0.1) is 0 Å². The van der Waals surface area contributed by atoms with Gasteiger partial charge in [0, 0.05) is 19.6 Å². The Kier molecular flexibility index (Phi) is 8.97. The number of likely N-dealkylation sites (tertiary alicyclic amines) is 1. The minimum atomic E-state index is -0.886. The number of amides is 2. The van der Waals surface area contributed by atoms with Crippen LogP contribution in [0.3, 0.4) is 0 Å². The second-order valence-electron chi connectivity index (χ2n) is 11.4. The molecule has 2 fully saturated rings. The molecule has 194 valence electrons. The molecule has 1 N–H and O–H groups in total. The van der Waals surface area contributed by atoms with Gasteiger partial charge in [0.25, 0.3) is 0 Å². The lowest BCUT2D eigenvalue weighted by molar-refractivity contribution is -0.165.